The normalized spacial score (nSPS) is 12.2. The first-order chi connectivity index (χ1) is 20.1. The summed E-state index contributed by atoms with van der Waals surface area (Å²) in [6.45, 7) is 7.93. The molecule has 0 saturated heterocycles. The van der Waals surface area contributed by atoms with Gasteiger partial charge in [0.15, 0.2) is 0 Å². The van der Waals surface area contributed by atoms with Crippen molar-refractivity contribution in [2.75, 3.05) is 13.2 Å². The van der Waals surface area contributed by atoms with Gasteiger partial charge in [0.25, 0.3) is 0 Å². The fourth-order valence-electron chi connectivity index (χ4n) is 5.54. The van der Waals surface area contributed by atoms with Crippen molar-refractivity contribution in [3.63, 3.8) is 0 Å². The highest BCUT2D eigenvalue weighted by Crippen LogP contribution is 2.21. The summed E-state index contributed by atoms with van der Waals surface area (Å²) in [5, 5.41) is 3.12. The van der Waals surface area contributed by atoms with E-state index in [4.69, 9.17) is 4.74 Å². The third-order valence-electron chi connectivity index (χ3n) is 8.37. The molecule has 1 atom stereocenters. The van der Waals surface area contributed by atoms with E-state index in [-0.39, 0.29) is 11.9 Å². The summed E-state index contributed by atoms with van der Waals surface area (Å²) in [5.74, 6) is 0.554. The first-order valence-electron chi connectivity index (χ1n) is 18.2. The van der Waals surface area contributed by atoms with Crippen LogP contribution in [0.25, 0.3) is 0 Å². The summed E-state index contributed by atoms with van der Waals surface area (Å²) in [6, 6.07) is 0. The maximum Gasteiger partial charge on any atom is 0.305 e. The zero-order valence-electron chi connectivity index (χ0n) is 28.0. The van der Waals surface area contributed by atoms with Gasteiger partial charge in [0.1, 0.15) is 0 Å². The molecule has 1 unspecified atom stereocenters. The van der Waals surface area contributed by atoms with Crippen molar-refractivity contribution in [1.29, 1.82) is 0 Å². The second kappa shape index (κ2) is 33.2. The van der Waals surface area contributed by atoms with Gasteiger partial charge in [-0.05, 0) is 51.4 Å². The van der Waals surface area contributed by atoms with Crippen LogP contribution in [0.15, 0.2) is 12.2 Å². The molecule has 0 aliphatic rings. The summed E-state index contributed by atoms with van der Waals surface area (Å²) in [6.07, 6.45) is 36.4. The van der Waals surface area contributed by atoms with Crippen LogP contribution in [-0.2, 0) is 14.3 Å². The van der Waals surface area contributed by atoms with Crippen LogP contribution in [0.3, 0.4) is 0 Å². The van der Waals surface area contributed by atoms with Gasteiger partial charge in [-0.25, -0.2) is 0 Å². The maximum atomic E-state index is 12.4. The summed E-state index contributed by atoms with van der Waals surface area (Å²) >= 11 is 0. The molecule has 4 nitrogen and oxygen atoms in total. The fraction of sp³-hybridized carbons (Fsp3) is 0.892. The molecule has 0 fully saturated rings. The van der Waals surface area contributed by atoms with E-state index in [9.17, 15) is 9.59 Å². The molecular formula is C37H71NO3. The van der Waals surface area contributed by atoms with Crippen LogP contribution in [-0.4, -0.2) is 25.0 Å². The van der Waals surface area contributed by atoms with E-state index in [1.54, 1.807) is 0 Å². The molecule has 1 N–H and O–H groups in total. The Labute approximate surface area is 256 Å². The molecule has 0 radical (unpaired) electrons. The smallest absolute Gasteiger partial charge is 0.305 e. The van der Waals surface area contributed by atoms with Gasteiger partial charge in [-0.2, -0.15) is 0 Å². The second-order valence-electron chi connectivity index (χ2n) is 12.4. The number of amides is 1. The summed E-state index contributed by atoms with van der Waals surface area (Å²) in [7, 11) is 0. The van der Waals surface area contributed by atoms with Gasteiger partial charge in [0, 0.05) is 19.4 Å². The predicted molar refractivity (Wildman–Crippen MR) is 178 cm³/mol. The second-order valence-corrected chi connectivity index (χ2v) is 12.4. The lowest BCUT2D eigenvalue weighted by Gasteiger charge is -2.16. The van der Waals surface area contributed by atoms with Crippen LogP contribution >= 0.6 is 0 Å². The van der Waals surface area contributed by atoms with Gasteiger partial charge in [0.05, 0.1) is 6.61 Å². The molecule has 41 heavy (non-hydrogen) atoms. The van der Waals surface area contributed by atoms with E-state index >= 15 is 0 Å². The molecule has 1 amide bonds. The lowest BCUT2D eigenvalue weighted by atomic mass is 9.92. The Morgan fingerprint density at radius 2 is 1.12 bits per heavy atom. The van der Waals surface area contributed by atoms with Gasteiger partial charge in [-0.1, -0.05) is 148 Å². The van der Waals surface area contributed by atoms with Crippen molar-refractivity contribution in [3.05, 3.63) is 12.2 Å². The highest BCUT2D eigenvalue weighted by Gasteiger charge is 2.14. The number of allylic oxidation sites excluding steroid dienone is 2. The Morgan fingerprint density at radius 3 is 1.71 bits per heavy atom. The van der Waals surface area contributed by atoms with Crippen LogP contribution < -0.4 is 5.32 Å². The summed E-state index contributed by atoms with van der Waals surface area (Å²) in [4.78, 5) is 24.6. The molecule has 0 aliphatic carbocycles. The van der Waals surface area contributed by atoms with Gasteiger partial charge in [-0.3, -0.25) is 9.59 Å². The lowest BCUT2D eigenvalue weighted by molar-refractivity contribution is -0.144. The van der Waals surface area contributed by atoms with Crippen LogP contribution in [0.2, 0.25) is 0 Å². The number of carbonyl (C=O) groups is 2. The molecule has 0 aromatic carbocycles. The maximum absolute atomic E-state index is 12.4. The quantitative estimate of drug-likeness (QED) is 0.0491. The van der Waals surface area contributed by atoms with E-state index in [1.807, 2.05) is 0 Å². The summed E-state index contributed by atoms with van der Waals surface area (Å²) < 4.78 is 5.51. The average Bonchev–Trinajstić information content (AvgIpc) is 2.97. The zero-order chi connectivity index (χ0) is 30.1. The Hall–Kier alpha value is -1.32. The first kappa shape index (κ1) is 39.7. The van der Waals surface area contributed by atoms with Crippen molar-refractivity contribution in [3.8, 4) is 0 Å². The summed E-state index contributed by atoms with van der Waals surface area (Å²) in [5.41, 5.74) is 0. The van der Waals surface area contributed by atoms with Crippen LogP contribution in [0.5, 0.6) is 0 Å². The number of hydrogen-bond acceptors (Lipinski definition) is 3. The molecule has 4 heteroatoms. The Bertz CT molecular complexity index is 589. The minimum atomic E-state index is -0.0603. The Kier molecular flexibility index (Phi) is 32.1. The molecule has 0 saturated carbocycles. The predicted octanol–water partition coefficient (Wildman–Crippen LogP) is 11.4. The number of ether oxygens (including phenoxy) is 1. The molecule has 0 spiro atoms. The van der Waals surface area contributed by atoms with Crippen LogP contribution in [0.4, 0.5) is 0 Å². The van der Waals surface area contributed by atoms with Crippen LogP contribution in [0.1, 0.15) is 194 Å². The highest BCUT2D eigenvalue weighted by molar-refractivity contribution is 5.75. The monoisotopic (exact) mass is 578 g/mol. The van der Waals surface area contributed by atoms with E-state index < -0.39 is 0 Å². The Balaban J connectivity index is 3.74. The molecule has 0 aromatic heterocycles. The molecule has 0 rings (SSSR count). The van der Waals surface area contributed by atoms with Crippen molar-refractivity contribution in [1.82, 2.24) is 5.32 Å². The topological polar surface area (TPSA) is 55.4 Å². The standard InChI is InChI=1S/C37H71NO3/c1-4-7-10-12-14-16-18-19-21-23-25-27-34-41-37(40)32-30-35(28-9-6-3)29-31-36(39)38-33-26-24-22-20-17-15-13-11-8-5-2/h4,7,35H,5-6,8-34H2,1-3H3,(H,38,39)/b7-4+. The Morgan fingerprint density at radius 1 is 0.610 bits per heavy atom. The highest BCUT2D eigenvalue weighted by atomic mass is 16.5. The third-order valence-corrected chi connectivity index (χ3v) is 8.37. The van der Waals surface area contributed by atoms with Gasteiger partial charge in [0.2, 0.25) is 5.91 Å². The van der Waals surface area contributed by atoms with Crippen molar-refractivity contribution < 1.29 is 14.3 Å². The zero-order valence-corrected chi connectivity index (χ0v) is 28.0. The number of hydrogen-bond donors (Lipinski definition) is 1. The third kappa shape index (κ3) is 31.4. The molecule has 0 aliphatic heterocycles. The fourth-order valence-corrected chi connectivity index (χ4v) is 5.54. The van der Waals surface area contributed by atoms with E-state index in [2.05, 4.69) is 38.2 Å². The van der Waals surface area contributed by atoms with Gasteiger partial charge in [-0.15, -0.1) is 0 Å². The number of rotatable bonds is 32. The van der Waals surface area contributed by atoms with Gasteiger partial charge >= 0.3 is 5.97 Å². The molecule has 0 bridgehead atoms. The molecular weight excluding hydrogens is 506 g/mol. The van der Waals surface area contributed by atoms with Crippen molar-refractivity contribution in [2.24, 2.45) is 5.92 Å². The van der Waals surface area contributed by atoms with Gasteiger partial charge < -0.3 is 10.1 Å². The number of esters is 1. The molecule has 0 heterocycles. The lowest BCUT2D eigenvalue weighted by Crippen LogP contribution is -2.25. The van der Waals surface area contributed by atoms with E-state index in [0.717, 1.165) is 57.9 Å². The number of nitrogens with one attached hydrogen (secondary N) is 1. The average molecular weight is 578 g/mol. The largest absolute Gasteiger partial charge is 0.466 e. The first-order valence-corrected chi connectivity index (χ1v) is 18.2. The molecule has 0 aromatic rings. The SMILES string of the molecule is C/C=C/CCCCCCCCCCCOC(=O)CCC(CCCC)CCC(=O)NCCCCCCCCCCCC. The number of carbonyl (C=O) groups excluding carboxylic acids is 2. The van der Waals surface area contributed by atoms with Crippen LogP contribution in [0, 0.1) is 5.92 Å². The minimum Gasteiger partial charge on any atom is -0.466 e. The minimum absolute atomic E-state index is 0.0603. The molecule has 242 valence electrons. The van der Waals surface area contributed by atoms with Crippen molar-refractivity contribution >= 4 is 11.9 Å². The number of unbranched alkanes of at least 4 members (excludes halogenated alkanes) is 19. The van der Waals surface area contributed by atoms with Crippen molar-refractivity contribution in [2.45, 2.75) is 194 Å². The van der Waals surface area contributed by atoms with E-state index in [0.29, 0.717) is 25.4 Å². The van der Waals surface area contributed by atoms with E-state index in [1.165, 1.54) is 109 Å².